The molecule has 1 aromatic carbocycles. The Labute approximate surface area is 156 Å². The fraction of sp³-hybridized carbons (Fsp3) is 0.190. The molecule has 0 aliphatic carbocycles. The zero-order chi connectivity index (χ0) is 19.0. The molecule has 136 valence electrons. The maximum absolute atomic E-state index is 14.3. The van der Waals surface area contributed by atoms with Crippen molar-refractivity contribution >= 4 is 0 Å². The van der Waals surface area contributed by atoms with Gasteiger partial charge in [-0.15, -0.1) is 0 Å². The molecular weight excluding hydrogens is 343 g/mol. The summed E-state index contributed by atoms with van der Waals surface area (Å²) in [4.78, 5) is 16.8. The lowest BCUT2D eigenvalue weighted by Crippen LogP contribution is -1.91. The summed E-state index contributed by atoms with van der Waals surface area (Å²) in [5.41, 5.74) is 4.32. The van der Waals surface area contributed by atoms with Crippen LogP contribution < -0.4 is 0 Å². The summed E-state index contributed by atoms with van der Waals surface area (Å²) < 4.78 is 19.6. The van der Waals surface area contributed by atoms with Crippen LogP contribution in [0.25, 0.3) is 34.1 Å². The number of H-pyrrole nitrogens is 1. The maximum atomic E-state index is 14.3. The molecule has 0 atom stereocenters. The number of oxazole rings is 1. The van der Waals surface area contributed by atoms with Gasteiger partial charge in [-0.2, -0.15) is 0 Å². The highest BCUT2D eigenvalue weighted by Gasteiger charge is 2.19. The first-order chi connectivity index (χ1) is 13.0. The van der Waals surface area contributed by atoms with Crippen LogP contribution in [0.4, 0.5) is 4.39 Å². The Morgan fingerprint density at radius 1 is 1.11 bits per heavy atom. The maximum Gasteiger partial charge on any atom is 0.228 e. The van der Waals surface area contributed by atoms with Gasteiger partial charge < -0.3 is 9.40 Å². The number of pyridine rings is 1. The third-order valence-electron chi connectivity index (χ3n) is 4.32. The normalized spacial score (nSPS) is 11.3. The Bertz CT molecular complexity index is 1080. The second kappa shape index (κ2) is 6.79. The lowest BCUT2D eigenvalue weighted by Gasteiger charge is -2.06. The Morgan fingerprint density at radius 3 is 2.67 bits per heavy atom. The average Bonchev–Trinajstić information content (AvgIpc) is 3.32. The Kier molecular flexibility index (Phi) is 4.32. The summed E-state index contributed by atoms with van der Waals surface area (Å²) in [5, 5.41) is 0. The van der Waals surface area contributed by atoms with E-state index in [2.05, 4.69) is 28.8 Å². The summed E-state index contributed by atoms with van der Waals surface area (Å²) in [6, 6.07) is 10.7. The molecule has 0 spiro atoms. The number of benzene rings is 1. The minimum atomic E-state index is -0.393. The average molecular weight is 362 g/mol. The number of imidazole rings is 1. The van der Waals surface area contributed by atoms with Gasteiger partial charge >= 0.3 is 0 Å². The highest BCUT2D eigenvalue weighted by Crippen LogP contribution is 2.34. The molecule has 0 radical (unpaired) electrons. The third kappa shape index (κ3) is 3.26. The topological polar surface area (TPSA) is 67.6 Å². The number of rotatable bonds is 4. The summed E-state index contributed by atoms with van der Waals surface area (Å²) in [6.07, 6.45) is 2.92. The molecule has 1 N–H and O–H groups in total. The lowest BCUT2D eigenvalue weighted by atomic mass is 10.0. The number of aromatic nitrogens is 4. The molecule has 3 heterocycles. The van der Waals surface area contributed by atoms with Crippen LogP contribution in [0.1, 0.15) is 31.3 Å². The van der Waals surface area contributed by atoms with Crippen molar-refractivity contribution in [2.45, 2.75) is 26.7 Å². The van der Waals surface area contributed by atoms with E-state index < -0.39 is 5.82 Å². The molecule has 0 aliphatic heterocycles. The van der Waals surface area contributed by atoms with Crippen molar-refractivity contribution in [2.75, 3.05) is 0 Å². The Hall–Kier alpha value is -3.28. The molecule has 0 fully saturated rings. The van der Waals surface area contributed by atoms with Crippen molar-refractivity contribution in [1.29, 1.82) is 0 Å². The van der Waals surface area contributed by atoms with Crippen molar-refractivity contribution < 1.29 is 8.81 Å². The molecule has 0 bridgehead atoms. The second-order valence-electron chi connectivity index (χ2n) is 6.70. The first-order valence-electron chi connectivity index (χ1n) is 8.76. The number of aromatic amines is 1. The smallest absolute Gasteiger partial charge is 0.228 e. The van der Waals surface area contributed by atoms with Gasteiger partial charge in [-0.25, -0.2) is 14.4 Å². The van der Waals surface area contributed by atoms with Crippen LogP contribution in [0.3, 0.4) is 0 Å². The van der Waals surface area contributed by atoms with Crippen molar-refractivity contribution in [2.24, 2.45) is 0 Å². The van der Waals surface area contributed by atoms with Gasteiger partial charge in [-0.1, -0.05) is 19.9 Å². The summed E-state index contributed by atoms with van der Waals surface area (Å²) in [7, 11) is 0. The van der Waals surface area contributed by atoms with E-state index >= 15 is 0 Å². The molecule has 0 saturated heterocycles. The van der Waals surface area contributed by atoms with Gasteiger partial charge in [-0.3, -0.25) is 4.98 Å². The van der Waals surface area contributed by atoms with Crippen LogP contribution in [0, 0.1) is 12.7 Å². The van der Waals surface area contributed by atoms with E-state index in [9.17, 15) is 4.39 Å². The Morgan fingerprint density at radius 2 is 1.96 bits per heavy atom. The highest BCUT2D eigenvalue weighted by atomic mass is 19.1. The van der Waals surface area contributed by atoms with Crippen LogP contribution in [-0.4, -0.2) is 19.9 Å². The minimum Gasteiger partial charge on any atom is -0.444 e. The fourth-order valence-corrected chi connectivity index (χ4v) is 2.93. The predicted octanol–water partition coefficient (Wildman–Crippen LogP) is 5.36. The zero-order valence-corrected chi connectivity index (χ0v) is 15.3. The van der Waals surface area contributed by atoms with Gasteiger partial charge in [-0.05, 0) is 37.3 Å². The molecule has 3 aromatic heterocycles. The lowest BCUT2D eigenvalue weighted by molar-refractivity contribution is 0.562. The molecule has 5 nitrogen and oxygen atoms in total. The number of hydrogen-bond donors (Lipinski definition) is 1. The van der Waals surface area contributed by atoms with E-state index in [4.69, 9.17) is 9.40 Å². The highest BCUT2D eigenvalue weighted by molar-refractivity contribution is 5.79. The van der Waals surface area contributed by atoms with Crippen LogP contribution in [-0.2, 0) is 0 Å². The molecule has 6 heteroatoms. The largest absolute Gasteiger partial charge is 0.444 e. The molecule has 0 aliphatic rings. The molecule has 0 unspecified atom stereocenters. The van der Waals surface area contributed by atoms with Crippen molar-refractivity contribution in [1.82, 2.24) is 19.9 Å². The first kappa shape index (κ1) is 17.1. The Balaban J connectivity index is 1.90. The SMILES string of the molecule is Cc1cccc(-c2[nH]c(C(C)C)nc2-c2ccc(F)c(-c3ncco3)c2)n1. The molecule has 0 amide bonds. The van der Waals surface area contributed by atoms with Crippen LogP contribution in [0.2, 0.25) is 0 Å². The standard InChI is InChI=1S/C21H19FN4O/c1-12(2)20-25-18(19(26-20)17-6-4-5-13(3)24-17)14-7-8-16(22)15(11-14)21-23-9-10-27-21/h4-12H,1-3H3,(H,25,26). The first-order valence-corrected chi connectivity index (χ1v) is 8.76. The van der Waals surface area contributed by atoms with Gasteiger partial charge in [0.2, 0.25) is 5.89 Å². The van der Waals surface area contributed by atoms with E-state index in [1.54, 1.807) is 12.1 Å². The van der Waals surface area contributed by atoms with Crippen molar-refractivity contribution in [3.05, 3.63) is 66.2 Å². The van der Waals surface area contributed by atoms with E-state index in [0.29, 0.717) is 5.56 Å². The number of nitrogens with zero attached hydrogens (tertiary/aromatic N) is 3. The number of hydrogen-bond acceptors (Lipinski definition) is 4. The number of halogens is 1. The summed E-state index contributed by atoms with van der Waals surface area (Å²) in [6.45, 7) is 6.08. The summed E-state index contributed by atoms with van der Waals surface area (Å²) >= 11 is 0. The monoisotopic (exact) mass is 362 g/mol. The number of aryl methyl sites for hydroxylation is 1. The van der Waals surface area contributed by atoms with E-state index in [1.807, 2.05) is 25.1 Å². The zero-order valence-electron chi connectivity index (χ0n) is 15.3. The number of nitrogens with one attached hydrogen (secondary N) is 1. The predicted molar refractivity (Wildman–Crippen MR) is 102 cm³/mol. The second-order valence-corrected chi connectivity index (χ2v) is 6.70. The van der Waals surface area contributed by atoms with E-state index in [1.165, 1.54) is 18.5 Å². The van der Waals surface area contributed by atoms with Gasteiger partial charge in [0.05, 0.1) is 28.8 Å². The van der Waals surface area contributed by atoms with Crippen LogP contribution >= 0.6 is 0 Å². The molecule has 4 rings (SSSR count). The van der Waals surface area contributed by atoms with E-state index in [-0.39, 0.29) is 11.8 Å². The van der Waals surface area contributed by atoms with Gasteiger partial charge in [0, 0.05) is 17.2 Å². The van der Waals surface area contributed by atoms with Gasteiger partial charge in [0.15, 0.2) is 0 Å². The quantitative estimate of drug-likeness (QED) is 0.530. The third-order valence-corrected chi connectivity index (χ3v) is 4.32. The molecule has 27 heavy (non-hydrogen) atoms. The van der Waals surface area contributed by atoms with Crippen molar-refractivity contribution in [3.8, 4) is 34.1 Å². The van der Waals surface area contributed by atoms with E-state index in [0.717, 1.165) is 34.2 Å². The molecule has 0 saturated carbocycles. The minimum absolute atomic E-state index is 0.217. The molecular formula is C21H19FN4O. The fourth-order valence-electron chi connectivity index (χ4n) is 2.93. The van der Waals surface area contributed by atoms with Crippen molar-refractivity contribution in [3.63, 3.8) is 0 Å². The summed E-state index contributed by atoms with van der Waals surface area (Å²) in [5.74, 6) is 0.916. The van der Waals surface area contributed by atoms with Crippen LogP contribution in [0.5, 0.6) is 0 Å². The van der Waals surface area contributed by atoms with Gasteiger partial charge in [0.25, 0.3) is 0 Å². The molecule has 4 aromatic rings. The van der Waals surface area contributed by atoms with Crippen LogP contribution in [0.15, 0.2) is 53.3 Å². The van der Waals surface area contributed by atoms with Gasteiger partial charge in [0.1, 0.15) is 17.9 Å².